The molecule has 4 nitrogen and oxygen atoms in total. The normalized spacial score (nSPS) is 15.9. The summed E-state index contributed by atoms with van der Waals surface area (Å²) in [6.07, 6.45) is -2.93. The van der Waals surface area contributed by atoms with E-state index in [9.17, 15) is 18.0 Å². The van der Waals surface area contributed by atoms with Crippen molar-refractivity contribution in [2.24, 2.45) is 4.99 Å². The number of hydrogen-bond donors (Lipinski definition) is 0. The second-order valence-corrected chi connectivity index (χ2v) is 5.25. The van der Waals surface area contributed by atoms with E-state index in [0.717, 1.165) is 12.1 Å². The molecule has 0 aromatic heterocycles. The second kappa shape index (κ2) is 6.43. The topological polar surface area (TPSA) is 47.9 Å². The van der Waals surface area contributed by atoms with E-state index in [2.05, 4.69) is 4.99 Å². The molecule has 0 bridgehead atoms. The van der Waals surface area contributed by atoms with Gasteiger partial charge in [0.15, 0.2) is 11.6 Å². The number of cyclic esters (lactones) is 1. The van der Waals surface area contributed by atoms with Crippen molar-refractivity contribution in [3.63, 3.8) is 0 Å². The standard InChI is InChI=1S/C18H12F3NO3/c1-11-22-16(17(23)24-11)9-12-4-2-6-14(8-12)25-15-7-3-5-13(10-15)18(19,20)21/h2-10H,1H3/b16-9+. The van der Waals surface area contributed by atoms with Crippen molar-refractivity contribution in [2.75, 3.05) is 0 Å². The number of carbonyl (C=O) groups excluding carboxylic acids is 1. The first-order valence-electron chi connectivity index (χ1n) is 7.25. The molecule has 7 heteroatoms. The van der Waals surface area contributed by atoms with Gasteiger partial charge in [-0.1, -0.05) is 18.2 Å². The Balaban J connectivity index is 1.84. The molecule has 0 fully saturated rings. The van der Waals surface area contributed by atoms with Gasteiger partial charge in [-0.15, -0.1) is 0 Å². The highest BCUT2D eigenvalue weighted by Gasteiger charge is 2.30. The Kier molecular flexibility index (Phi) is 4.31. The summed E-state index contributed by atoms with van der Waals surface area (Å²) in [5, 5.41) is 0. The average molecular weight is 347 g/mol. The lowest BCUT2D eigenvalue weighted by Gasteiger charge is -2.10. The van der Waals surface area contributed by atoms with Crippen LogP contribution in [0.25, 0.3) is 6.08 Å². The van der Waals surface area contributed by atoms with Crippen LogP contribution in [0.1, 0.15) is 18.1 Å². The Morgan fingerprint density at radius 1 is 1.08 bits per heavy atom. The van der Waals surface area contributed by atoms with Crippen molar-refractivity contribution in [2.45, 2.75) is 13.1 Å². The van der Waals surface area contributed by atoms with Crippen LogP contribution in [0, 0.1) is 0 Å². The molecule has 0 saturated carbocycles. The maximum absolute atomic E-state index is 12.7. The summed E-state index contributed by atoms with van der Waals surface area (Å²) >= 11 is 0. The van der Waals surface area contributed by atoms with Gasteiger partial charge in [-0.2, -0.15) is 13.2 Å². The van der Waals surface area contributed by atoms with Gasteiger partial charge in [0.05, 0.1) is 5.56 Å². The van der Waals surface area contributed by atoms with E-state index in [0.29, 0.717) is 11.3 Å². The number of carbonyl (C=O) groups is 1. The molecule has 128 valence electrons. The summed E-state index contributed by atoms with van der Waals surface area (Å²) in [4.78, 5) is 15.5. The third kappa shape index (κ3) is 4.06. The third-order valence-corrected chi connectivity index (χ3v) is 3.29. The summed E-state index contributed by atoms with van der Waals surface area (Å²) in [5.41, 5.74) is -0.0367. The number of esters is 1. The molecule has 0 saturated heterocycles. The Morgan fingerprint density at radius 2 is 1.76 bits per heavy atom. The zero-order chi connectivity index (χ0) is 18.0. The number of hydrogen-bond acceptors (Lipinski definition) is 4. The molecule has 3 rings (SSSR count). The Morgan fingerprint density at radius 3 is 2.40 bits per heavy atom. The SMILES string of the molecule is CC1=N/C(=C/c2cccc(Oc3cccc(C(F)(F)F)c3)c2)C(=O)O1. The van der Waals surface area contributed by atoms with E-state index in [1.807, 2.05) is 0 Å². The van der Waals surface area contributed by atoms with Crippen molar-refractivity contribution < 1.29 is 27.4 Å². The van der Waals surface area contributed by atoms with E-state index in [4.69, 9.17) is 9.47 Å². The van der Waals surface area contributed by atoms with Gasteiger partial charge in [0.25, 0.3) is 0 Å². The van der Waals surface area contributed by atoms with Crippen molar-refractivity contribution in [3.8, 4) is 11.5 Å². The second-order valence-electron chi connectivity index (χ2n) is 5.25. The van der Waals surface area contributed by atoms with Gasteiger partial charge in [-0.05, 0) is 42.0 Å². The number of nitrogens with zero attached hydrogens (tertiary/aromatic N) is 1. The molecule has 1 aliphatic heterocycles. The van der Waals surface area contributed by atoms with Gasteiger partial charge in [-0.25, -0.2) is 9.79 Å². The number of ether oxygens (including phenoxy) is 2. The first-order chi connectivity index (χ1) is 11.8. The maximum Gasteiger partial charge on any atom is 0.416 e. The molecule has 0 aliphatic carbocycles. The van der Waals surface area contributed by atoms with Crippen LogP contribution in [0.5, 0.6) is 11.5 Å². The molecular weight excluding hydrogens is 335 g/mol. The van der Waals surface area contributed by atoms with Crippen LogP contribution >= 0.6 is 0 Å². The zero-order valence-corrected chi connectivity index (χ0v) is 13.0. The van der Waals surface area contributed by atoms with Crippen molar-refractivity contribution in [1.29, 1.82) is 0 Å². The van der Waals surface area contributed by atoms with E-state index in [-0.39, 0.29) is 17.3 Å². The van der Waals surface area contributed by atoms with E-state index < -0.39 is 17.7 Å². The van der Waals surface area contributed by atoms with Crippen molar-refractivity contribution >= 4 is 17.9 Å². The monoisotopic (exact) mass is 347 g/mol. The van der Waals surface area contributed by atoms with Crippen LogP contribution in [-0.2, 0) is 15.7 Å². The molecule has 2 aromatic rings. The summed E-state index contributed by atoms with van der Waals surface area (Å²) in [6, 6.07) is 11.2. The average Bonchev–Trinajstić information content (AvgIpc) is 2.85. The molecule has 0 atom stereocenters. The zero-order valence-electron chi connectivity index (χ0n) is 13.0. The molecule has 0 amide bonds. The highest BCUT2D eigenvalue weighted by Crippen LogP contribution is 2.33. The highest BCUT2D eigenvalue weighted by atomic mass is 19.4. The minimum Gasteiger partial charge on any atom is -0.457 e. The van der Waals surface area contributed by atoms with Gasteiger partial charge < -0.3 is 9.47 Å². The maximum atomic E-state index is 12.7. The largest absolute Gasteiger partial charge is 0.457 e. The van der Waals surface area contributed by atoms with Crippen LogP contribution in [-0.4, -0.2) is 11.9 Å². The van der Waals surface area contributed by atoms with Crippen LogP contribution < -0.4 is 4.74 Å². The van der Waals surface area contributed by atoms with E-state index >= 15 is 0 Å². The summed E-state index contributed by atoms with van der Waals surface area (Å²) < 4.78 is 48.5. The number of halogens is 3. The van der Waals surface area contributed by atoms with Gasteiger partial charge >= 0.3 is 12.1 Å². The van der Waals surface area contributed by atoms with Crippen LogP contribution in [0.3, 0.4) is 0 Å². The molecule has 0 N–H and O–H groups in total. The van der Waals surface area contributed by atoms with E-state index in [1.54, 1.807) is 31.2 Å². The van der Waals surface area contributed by atoms with Crippen LogP contribution in [0.4, 0.5) is 13.2 Å². The predicted molar refractivity (Wildman–Crippen MR) is 85.1 cm³/mol. The molecule has 1 heterocycles. The predicted octanol–water partition coefficient (Wildman–Crippen LogP) is 4.81. The first kappa shape index (κ1) is 16.8. The lowest BCUT2D eigenvalue weighted by molar-refractivity contribution is -0.137. The minimum absolute atomic E-state index is 0.0637. The van der Waals surface area contributed by atoms with Crippen molar-refractivity contribution in [1.82, 2.24) is 0 Å². The number of alkyl halides is 3. The molecule has 0 radical (unpaired) electrons. The van der Waals surface area contributed by atoms with Crippen LogP contribution in [0.15, 0.2) is 59.2 Å². The molecular formula is C18H12F3NO3. The molecule has 1 aliphatic rings. The number of aliphatic imine (C=N–C) groups is 1. The molecule has 0 spiro atoms. The number of rotatable bonds is 3. The quantitative estimate of drug-likeness (QED) is 0.591. The Labute approximate surface area is 141 Å². The third-order valence-electron chi connectivity index (χ3n) is 3.29. The molecule has 0 unspecified atom stereocenters. The fourth-order valence-electron chi connectivity index (χ4n) is 2.21. The Hall–Kier alpha value is -3.09. The fourth-order valence-corrected chi connectivity index (χ4v) is 2.21. The summed E-state index contributed by atoms with van der Waals surface area (Å²) in [6.45, 7) is 1.56. The Bertz CT molecular complexity index is 885. The molecule has 25 heavy (non-hydrogen) atoms. The summed E-state index contributed by atoms with van der Waals surface area (Å²) in [5.74, 6) is 0.101. The number of benzene rings is 2. The smallest absolute Gasteiger partial charge is 0.416 e. The molecule has 2 aromatic carbocycles. The lowest BCUT2D eigenvalue weighted by atomic mass is 10.2. The van der Waals surface area contributed by atoms with Gasteiger partial charge in [-0.3, -0.25) is 0 Å². The fraction of sp³-hybridized carbons (Fsp3) is 0.111. The minimum atomic E-state index is -4.44. The van der Waals surface area contributed by atoms with Crippen molar-refractivity contribution in [3.05, 3.63) is 65.4 Å². The summed E-state index contributed by atoms with van der Waals surface area (Å²) in [7, 11) is 0. The van der Waals surface area contributed by atoms with Crippen LogP contribution in [0.2, 0.25) is 0 Å². The van der Waals surface area contributed by atoms with Gasteiger partial charge in [0, 0.05) is 6.92 Å². The van der Waals surface area contributed by atoms with Gasteiger partial charge in [0.1, 0.15) is 11.5 Å². The van der Waals surface area contributed by atoms with E-state index in [1.165, 1.54) is 18.2 Å². The van der Waals surface area contributed by atoms with Gasteiger partial charge in [0.2, 0.25) is 0 Å². The first-order valence-corrected chi connectivity index (χ1v) is 7.25. The highest BCUT2D eigenvalue weighted by molar-refractivity contribution is 6.06. The lowest BCUT2D eigenvalue weighted by Crippen LogP contribution is -2.04.